The van der Waals surface area contributed by atoms with Crippen LogP contribution in [0.2, 0.25) is 10.0 Å². The van der Waals surface area contributed by atoms with Gasteiger partial charge in [0.05, 0.1) is 29.3 Å². The number of hydrogen-bond donors (Lipinski definition) is 2. The summed E-state index contributed by atoms with van der Waals surface area (Å²) in [6.45, 7) is 16.1. The van der Waals surface area contributed by atoms with Gasteiger partial charge < -0.3 is 29.6 Å². The zero-order valence-corrected chi connectivity index (χ0v) is 32.0. The van der Waals surface area contributed by atoms with Crippen molar-refractivity contribution >= 4 is 69.6 Å². The van der Waals surface area contributed by atoms with Crippen LogP contribution in [-0.2, 0) is 4.79 Å². The third-order valence-electron chi connectivity index (χ3n) is 7.58. The number of benzene rings is 3. The summed E-state index contributed by atoms with van der Waals surface area (Å²) in [7, 11) is 5.79. The van der Waals surface area contributed by atoms with Gasteiger partial charge in [0.1, 0.15) is 18.1 Å². The summed E-state index contributed by atoms with van der Waals surface area (Å²) in [5.41, 5.74) is 9.90. The van der Waals surface area contributed by atoms with Gasteiger partial charge in [-0.3, -0.25) is 0 Å². The van der Waals surface area contributed by atoms with Gasteiger partial charge in [-0.15, -0.1) is 0 Å². The van der Waals surface area contributed by atoms with Crippen molar-refractivity contribution in [2.75, 3.05) is 46.2 Å². The van der Waals surface area contributed by atoms with Gasteiger partial charge in [-0.05, 0) is 94.6 Å². The lowest BCUT2D eigenvalue weighted by atomic mass is 9.90. The maximum Gasteiger partial charge on any atom is 0.134 e. The van der Waals surface area contributed by atoms with Crippen molar-refractivity contribution < 1.29 is 13.9 Å². The summed E-state index contributed by atoms with van der Waals surface area (Å²) >= 11 is 13.4. The van der Waals surface area contributed by atoms with E-state index in [1.807, 2.05) is 117 Å². The van der Waals surface area contributed by atoms with Crippen LogP contribution in [-0.4, -0.2) is 58.3 Å². The molecule has 49 heavy (non-hydrogen) atoms. The van der Waals surface area contributed by atoms with E-state index in [2.05, 4.69) is 34.9 Å². The molecule has 9 heteroatoms. The van der Waals surface area contributed by atoms with E-state index in [-0.39, 0.29) is 0 Å². The Morgan fingerprint density at radius 1 is 1.04 bits per heavy atom. The number of anilines is 1. The minimum Gasteiger partial charge on any atom is -0.494 e. The highest BCUT2D eigenvalue weighted by molar-refractivity contribution is 6.36. The second kappa shape index (κ2) is 21.1. The molecule has 4 aromatic rings. The first kappa shape index (κ1) is 41.1. The summed E-state index contributed by atoms with van der Waals surface area (Å²) in [6.07, 6.45) is 7.70. The molecule has 0 saturated carbocycles. The van der Waals surface area contributed by atoms with Gasteiger partial charge in [0.25, 0.3) is 0 Å². The Kier molecular flexibility index (Phi) is 17.7. The summed E-state index contributed by atoms with van der Waals surface area (Å²) in [5.74, 6) is 0.831. The molecule has 0 aliphatic rings. The van der Waals surface area contributed by atoms with Crippen molar-refractivity contribution in [1.29, 1.82) is 0 Å². The monoisotopic (exact) mass is 706 g/mol. The molecule has 1 aromatic heterocycles. The Morgan fingerprint density at radius 3 is 2.35 bits per heavy atom. The Balaban J connectivity index is 0.00000201. The van der Waals surface area contributed by atoms with Gasteiger partial charge in [-0.2, -0.15) is 5.10 Å². The minimum atomic E-state index is 0.557. The van der Waals surface area contributed by atoms with Crippen LogP contribution in [0.25, 0.3) is 28.2 Å². The number of halogens is 2. The van der Waals surface area contributed by atoms with Crippen LogP contribution in [0.3, 0.4) is 0 Å². The summed E-state index contributed by atoms with van der Waals surface area (Å²) < 4.78 is 12.1. The third kappa shape index (κ3) is 11.2. The normalized spacial score (nSPS) is 11.8. The zero-order chi connectivity index (χ0) is 36.5. The summed E-state index contributed by atoms with van der Waals surface area (Å²) in [5, 5.41) is 16.0. The van der Waals surface area contributed by atoms with Crippen LogP contribution < -0.4 is 15.4 Å². The van der Waals surface area contributed by atoms with Gasteiger partial charge in [-0.1, -0.05) is 67.4 Å². The van der Waals surface area contributed by atoms with Crippen LogP contribution in [0.5, 0.6) is 5.75 Å². The molecule has 0 aliphatic carbocycles. The van der Waals surface area contributed by atoms with E-state index in [0.717, 1.165) is 98.0 Å². The minimum absolute atomic E-state index is 0.557. The smallest absolute Gasteiger partial charge is 0.134 e. The topological polar surface area (TPSA) is 79.1 Å². The van der Waals surface area contributed by atoms with Crippen LogP contribution in [0.4, 0.5) is 5.69 Å². The molecule has 7 nitrogen and oxygen atoms in total. The number of hydrogen-bond acceptors (Lipinski definition) is 7. The standard InChI is InChI=1S/C37H44Cl2N4O2.C2H6.CH2O/c1-8-30(26(4)42-43(6)7)35-33(38)16-15-32(37(35)41-18-17-40-5)27(22-28-23-45-34-14-10-9-13-31(28)34)12-11-19-44-29-20-24(2)36(39)25(3)21-29;2*1-2/h8-10,13-16,20-23,40-41H,11-12,17-19H2,1-7H3;1-2H3;1H2/b27-22+,30-8-,42-26-;;. The third-order valence-corrected chi connectivity index (χ3v) is 8.50. The number of para-hydroxylation sites is 1. The van der Waals surface area contributed by atoms with Crippen LogP contribution in [0.1, 0.15) is 68.4 Å². The molecule has 0 radical (unpaired) electrons. The lowest BCUT2D eigenvalue weighted by Gasteiger charge is -2.22. The second-order valence-corrected chi connectivity index (χ2v) is 12.1. The highest BCUT2D eigenvalue weighted by atomic mass is 35.5. The van der Waals surface area contributed by atoms with E-state index in [1.165, 1.54) is 0 Å². The van der Waals surface area contributed by atoms with E-state index >= 15 is 0 Å². The average Bonchev–Trinajstić information content (AvgIpc) is 3.50. The van der Waals surface area contributed by atoms with E-state index in [1.54, 1.807) is 0 Å². The molecule has 0 unspecified atom stereocenters. The number of nitrogens with one attached hydrogen (secondary N) is 2. The van der Waals surface area contributed by atoms with Crippen molar-refractivity contribution in [2.24, 2.45) is 5.10 Å². The quantitative estimate of drug-likeness (QED) is 0.0772. The largest absolute Gasteiger partial charge is 0.494 e. The average molecular weight is 708 g/mol. The van der Waals surface area contributed by atoms with Crippen molar-refractivity contribution in [1.82, 2.24) is 10.3 Å². The van der Waals surface area contributed by atoms with Gasteiger partial charge in [0, 0.05) is 59.9 Å². The molecule has 3 aromatic carbocycles. The number of rotatable bonds is 14. The van der Waals surface area contributed by atoms with Crippen LogP contribution in [0, 0.1) is 13.8 Å². The van der Waals surface area contributed by atoms with E-state index in [4.69, 9.17) is 42.3 Å². The number of carbonyl (C=O) groups is 1. The molecule has 0 atom stereocenters. The molecule has 0 bridgehead atoms. The Bertz CT molecular complexity index is 1720. The Labute approximate surface area is 303 Å². The van der Waals surface area contributed by atoms with Gasteiger partial charge in [0.15, 0.2) is 0 Å². The van der Waals surface area contributed by atoms with Crippen molar-refractivity contribution in [3.8, 4) is 5.75 Å². The molecule has 0 amide bonds. The molecule has 2 N–H and O–H groups in total. The Hall–Kier alpha value is -4.04. The van der Waals surface area contributed by atoms with Crippen LogP contribution in [0.15, 0.2) is 70.4 Å². The van der Waals surface area contributed by atoms with Gasteiger partial charge >= 0.3 is 0 Å². The molecule has 0 saturated heterocycles. The fourth-order valence-electron chi connectivity index (χ4n) is 5.52. The fraction of sp³-hybridized carbons (Fsp3) is 0.350. The zero-order valence-electron chi connectivity index (χ0n) is 30.5. The molecular weight excluding hydrogens is 655 g/mol. The van der Waals surface area contributed by atoms with E-state index in [9.17, 15) is 0 Å². The first-order valence-corrected chi connectivity index (χ1v) is 17.4. The number of allylic oxidation sites excluding steroid dienone is 3. The lowest BCUT2D eigenvalue weighted by Crippen LogP contribution is -2.19. The number of fused-ring (bicyclic) bond motifs is 1. The molecule has 0 fully saturated rings. The first-order chi connectivity index (χ1) is 23.6. The number of aryl methyl sites for hydroxylation is 2. The SMILES string of the molecule is C/C=C(/C(C)=N\N(C)C)c1c(Cl)ccc(/C(=C/c2coc3ccccc23)CCCOc2cc(C)c(Cl)c(C)c2)c1NCCNC.C=O.CC. The number of carbonyl (C=O) groups excluding carboxylic acids is 1. The van der Waals surface area contributed by atoms with Crippen molar-refractivity contribution in [3.05, 3.63) is 98.7 Å². The molecule has 264 valence electrons. The number of furan rings is 1. The summed E-state index contributed by atoms with van der Waals surface area (Å²) in [6, 6.07) is 16.2. The van der Waals surface area contributed by atoms with Crippen molar-refractivity contribution in [3.63, 3.8) is 0 Å². The lowest BCUT2D eigenvalue weighted by molar-refractivity contribution is -0.0980. The van der Waals surface area contributed by atoms with Crippen molar-refractivity contribution in [2.45, 2.75) is 54.4 Å². The summed E-state index contributed by atoms with van der Waals surface area (Å²) in [4.78, 5) is 8.00. The maximum atomic E-state index is 8.00. The van der Waals surface area contributed by atoms with E-state index < -0.39 is 0 Å². The molecule has 0 spiro atoms. The predicted molar refractivity (Wildman–Crippen MR) is 213 cm³/mol. The van der Waals surface area contributed by atoms with Gasteiger partial charge in [0.2, 0.25) is 0 Å². The molecule has 1 heterocycles. The number of hydrazone groups is 1. The molecular formula is C40H52Cl2N4O3. The fourth-order valence-corrected chi connectivity index (χ4v) is 5.89. The highest BCUT2D eigenvalue weighted by Crippen LogP contribution is 2.40. The first-order valence-electron chi connectivity index (χ1n) is 16.6. The highest BCUT2D eigenvalue weighted by Gasteiger charge is 2.21. The second-order valence-electron chi connectivity index (χ2n) is 11.3. The number of likely N-dealkylation sites (N-methyl/N-ethyl adjacent to an activating group) is 1. The maximum absolute atomic E-state index is 8.00. The van der Waals surface area contributed by atoms with Crippen LogP contribution >= 0.6 is 23.2 Å². The molecule has 0 aliphatic heterocycles. The van der Waals surface area contributed by atoms with Gasteiger partial charge in [-0.25, -0.2) is 0 Å². The number of nitrogens with zero attached hydrogens (tertiary/aromatic N) is 2. The van der Waals surface area contributed by atoms with E-state index in [0.29, 0.717) is 11.6 Å². The molecule has 4 rings (SSSR count). The predicted octanol–water partition coefficient (Wildman–Crippen LogP) is 10.6. The Morgan fingerprint density at radius 2 is 1.71 bits per heavy atom. The number of ether oxygens (including phenoxy) is 1.